The van der Waals surface area contributed by atoms with Gasteiger partial charge in [-0.2, -0.15) is 9.97 Å². The van der Waals surface area contributed by atoms with Gasteiger partial charge in [-0.05, 0) is 6.07 Å². The zero-order valence-electron chi connectivity index (χ0n) is 8.31. The summed E-state index contributed by atoms with van der Waals surface area (Å²) < 4.78 is 0. The molecule has 1 aromatic heterocycles. The van der Waals surface area contributed by atoms with Crippen LogP contribution in [0.4, 0.5) is 17.6 Å². The van der Waals surface area contributed by atoms with Gasteiger partial charge in [-0.1, -0.05) is 29.8 Å². The second kappa shape index (κ2) is 3.86. The van der Waals surface area contributed by atoms with Crippen LogP contribution >= 0.6 is 11.6 Å². The van der Waals surface area contributed by atoms with Crippen molar-refractivity contribution in [3.63, 3.8) is 0 Å². The van der Waals surface area contributed by atoms with E-state index >= 15 is 0 Å². The molecule has 0 aliphatic rings. The van der Waals surface area contributed by atoms with E-state index in [4.69, 9.17) is 28.8 Å². The van der Waals surface area contributed by atoms with Crippen molar-refractivity contribution >= 4 is 29.2 Å². The molecule has 0 atom stereocenters. The lowest BCUT2D eigenvalue weighted by molar-refractivity contribution is 1.20. The Labute approximate surface area is 97.3 Å². The quantitative estimate of drug-likeness (QED) is 0.696. The number of hydrogen-bond donors (Lipinski definition) is 3. The van der Waals surface area contributed by atoms with Crippen LogP contribution in [0, 0.1) is 0 Å². The number of anilines is 3. The van der Waals surface area contributed by atoms with Gasteiger partial charge in [0, 0.05) is 10.6 Å². The number of aromatic nitrogens is 2. The molecule has 0 aliphatic heterocycles. The van der Waals surface area contributed by atoms with Gasteiger partial charge in [0.15, 0.2) is 0 Å². The van der Waals surface area contributed by atoms with Crippen molar-refractivity contribution < 1.29 is 0 Å². The normalized spacial score (nSPS) is 10.3. The maximum Gasteiger partial charge on any atom is 0.223 e. The van der Waals surface area contributed by atoms with Gasteiger partial charge in [0.2, 0.25) is 5.95 Å². The van der Waals surface area contributed by atoms with Crippen molar-refractivity contribution in [2.24, 2.45) is 0 Å². The van der Waals surface area contributed by atoms with Crippen LogP contribution in [0.3, 0.4) is 0 Å². The van der Waals surface area contributed by atoms with E-state index in [0.29, 0.717) is 16.1 Å². The third-order valence-electron chi connectivity index (χ3n) is 2.13. The number of nitrogens with zero attached hydrogens (tertiary/aromatic N) is 2. The van der Waals surface area contributed by atoms with Gasteiger partial charge in [-0.15, -0.1) is 0 Å². The standard InChI is InChI=1S/C10H10ClN5/c11-6-4-2-1-3-5(6)7-8(12)15-10(14)16-9(7)13/h1-4H,(H6,12,13,14,15,16). The second-order valence-electron chi connectivity index (χ2n) is 3.21. The molecule has 0 bridgehead atoms. The zero-order chi connectivity index (χ0) is 11.7. The minimum Gasteiger partial charge on any atom is -0.383 e. The van der Waals surface area contributed by atoms with E-state index in [0.717, 1.165) is 0 Å². The SMILES string of the molecule is Nc1nc(N)c(-c2ccccc2Cl)c(N)n1. The fourth-order valence-electron chi connectivity index (χ4n) is 1.45. The molecule has 0 spiro atoms. The van der Waals surface area contributed by atoms with E-state index < -0.39 is 0 Å². The van der Waals surface area contributed by atoms with Gasteiger partial charge in [0.25, 0.3) is 0 Å². The Balaban J connectivity index is 2.70. The zero-order valence-corrected chi connectivity index (χ0v) is 9.07. The molecule has 5 nitrogen and oxygen atoms in total. The smallest absolute Gasteiger partial charge is 0.223 e. The van der Waals surface area contributed by atoms with Gasteiger partial charge < -0.3 is 17.2 Å². The first-order chi connectivity index (χ1) is 7.59. The predicted molar refractivity (Wildman–Crippen MR) is 65.7 cm³/mol. The number of benzene rings is 1. The number of hydrogen-bond acceptors (Lipinski definition) is 5. The maximum absolute atomic E-state index is 6.04. The Kier molecular flexibility index (Phi) is 2.54. The third-order valence-corrected chi connectivity index (χ3v) is 2.46. The lowest BCUT2D eigenvalue weighted by atomic mass is 10.1. The van der Waals surface area contributed by atoms with Gasteiger partial charge in [-0.25, -0.2) is 0 Å². The number of rotatable bonds is 1. The largest absolute Gasteiger partial charge is 0.383 e. The van der Waals surface area contributed by atoms with E-state index in [1.54, 1.807) is 12.1 Å². The summed E-state index contributed by atoms with van der Waals surface area (Å²) in [5.74, 6) is 0.488. The summed E-state index contributed by atoms with van der Waals surface area (Å²) >= 11 is 6.04. The summed E-state index contributed by atoms with van der Waals surface area (Å²) in [6, 6.07) is 7.18. The summed E-state index contributed by atoms with van der Waals surface area (Å²) in [6.07, 6.45) is 0. The van der Waals surface area contributed by atoms with Crippen LogP contribution in [0.15, 0.2) is 24.3 Å². The fourth-order valence-corrected chi connectivity index (χ4v) is 1.68. The Morgan fingerprint density at radius 1 is 0.938 bits per heavy atom. The highest BCUT2D eigenvalue weighted by Gasteiger charge is 2.13. The Hall–Kier alpha value is -2.01. The Morgan fingerprint density at radius 2 is 1.50 bits per heavy atom. The highest BCUT2D eigenvalue weighted by Crippen LogP contribution is 2.34. The molecule has 6 N–H and O–H groups in total. The van der Waals surface area contributed by atoms with Gasteiger partial charge in [0.05, 0.1) is 5.56 Å². The third kappa shape index (κ3) is 1.72. The van der Waals surface area contributed by atoms with Gasteiger partial charge in [-0.3, -0.25) is 0 Å². The van der Waals surface area contributed by atoms with E-state index in [2.05, 4.69) is 9.97 Å². The fraction of sp³-hybridized carbons (Fsp3) is 0. The van der Waals surface area contributed by atoms with E-state index in [1.807, 2.05) is 12.1 Å². The highest BCUT2D eigenvalue weighted by atomic mass is 35.5. The number of nitrogen functional groups attached to an aromatic ring is 3. The number of nitrogens with two attached hydrogens (primary N) is 3. The summed E-state index contributed by atoms with van der Waals surface area (Å²) in [7, 11) is 0. The van der Waals surface area contributed by atoms with Crippen LogP contribution in [0.5, 0.6) is 0 Å². The molecule has 0 aliphatic carbocycles. The summed E-state index contributed by atoms with van der Waals surface area (Å²) in [5.41, 5.74) is 18.1. The average molecular weight is 236 g/mol. The molecule has 0 saturated heterocycles. The molecule has 0 unspecified atom stereocenters. The molecule has 1 heterocycles. The minimum absolute atomic E-state index is 0.0470. The van der Waals surface area contributed by atoms with E-state index in [1.165, 1.54) is 0 Å². The maximum atomic E-state index is 6.04. The predicted octanol–water partition coefficient (Wildman–Crippen LogP) is 1.54. The first-order valence-electron chi connectivity index (χ1n) is 4.53. The Morgan fingerprint density at radius 3 is 2.06 bits per heavy atom. The molecule has 0 fully saturated rings. The lowest BCUT2D eigenvalue weighted by Gasteiger charge is -2.09. The van der Waals surface area contributed by atoms with Crippen LogP contribution in [-0.2, 0) is 0 Å². The van der Waals surface area contributed by atoms with Crippen LogP contribution in [-0.4, -0.2) is 9.97 Å². The summed E-state index contributed by atoms with van der Waals surface area (Å²) in [6.45, 7) is 0. The topological polar surface area (TPSA) is 104 Å². The van der Waals surface area contributed by atoms with Crippen molar-refractivity contribution in [1.29, 1.82) is 0 Å². The molecule has 82 valence electrons. The second-order valence-corrected chi connectivity index (χ2v) is 3.61. The average Bonchev–Trinajstić information content (AvgIpc) is 2.19. The molecule has 1 aromatic carbocycles. The first-order valence-corrected chi connectivity index (χ1v) is 4.90. The minimum atomic E-state index is 0.0470. The molecule has 0 saturated carbocycles. The van der Waals surface area contributed by atoms with Crippen molar-refractivity contribution in [3.8, 4) is 11.1 Å². The number of halogens is 1. The summed E-state index contributed by atoms with van der Waals surface area (Å²) in [4.78, 5) is 7.72. The highest BCUT2D eigenvalue weighted by molar-refractivity contribution is 6.33. The van der Waals surface area contributed by atoms with Crippen molar-refractivity contribution in [1.82, 2.24) is 9.97 Å². The van der Waals surface area contributed by atoms with Gasteiger partial charge >= 0.3 is 0 Å². The van der Waals surface area contributed by atoms with Crippen LogP contribution in [0.25, 0.3) is 11.1 Å². The van der Waals surface area contributed by atoms with Gasteiger partial charge in [0.1, 0.15) is 11.6 Å². The first kappa shape index (κ1) is 10.5. The van der Waals surface area contributed by atoms with Crippen LogP contribution in [0.2, 0.25) is 5.02 Å². The lowest BCUT2D eigenvalue weighted by Crippen LogP contribution is -2.06. The summed E-state index contributed by atoms with van der Waals surface area (Å²) in [5, 5.41) is 0.536. The molecule has 2 aromatic rings. The molecule has 0 radical (unpaired) electrons. The monoisotopic (exact) mass is 235 g/mol. The molecular weight excluding hydrogens is 226 g/mol. The molecule has 16 heavy (non-hydrogen) atoms. The van der Waals surface area contributed by atoms with Crippen LogP contribution in [0.1, 0.15) is 0 Å². The van der Waals surface area contributed by atoms with Crippen molar-refractivity contribution in [2.45, 2.75) is 0 Å². The van der Waals surface area contributed by atoms with Crippen molar-refractivity contribution in [2.75, 3.05) is 17.2 Å². The van der Waals surface area contributed by atoms with Crippen molar-refractivity contribution in [3.05, 3.63) is 29.3 Å². The molecular formula is C10H10ClN5. The molecule has 2 rings (SSSR count). The molecule has 0 amide bonds. The van der Waals surface area contributed by atoms with E-state index in [9.17, 15) is 0 Å². The van der Waals surface area contributed by atoms with Crippen LogP contribution < -0.4 is 17.2 Å². The Bertz CT molecular complexity index is 517. The van der Waals surface area contributed by atoms with E-state index in [-0.39, 0.29) is 17.6 Å². The molecule has 6 heteroatoms.